The first-order valence-corrected chi connectivity index (χ1v) is 9.89. The first-order valence-electron chi connectivity index (χ1n) is 9.01. The van der Waals surface area contributed by atoms with E-state index in [0.29, 0.717) is 22.1 Å². The molecule has 1 aliphatic carbocycles. The van der Waals surface area contributed by atoms with Crippen LogP contribution in [0.3, 0.4) is 0 Å². The van der Waals surface area contributed by atoms with Crippen LogP contribution in [-0.2, 0) is 9.59 Å². The van der Waals surface area contributed by atoms with Gasteiger partial charge in [-0.1, -0.05) is 0 Å². The molecule has 150 valence electrons. The van der Waals surface area contributed by atoms with Crippen molar-refractivity contribution in [2.75, 3.05) is 23.7 Å². The number of hydrogen-bond acceptors (Lipinski definition) is 5. The molecule has 2 amide bonds. The van der Waals surface area contributed by atoms with Crippen molar-refractivity contribution >= 4 is 46.4 Å². The van der Waals surface area contributed by atoms with Gasteiger partial charge in [0.25, 0.3) is 0 Å². The number of thiazole rings is 1. The van der Waals surface area contributed by atoms with Crippen LogP contribution < -0.4 is 16.0 Å². The van der Waals surface area contributed by atoms with E-state index >= 15 is 0 Å². The van der Waals surface area contributed by atoms with Crippen molar-refractivity contribution in [2.24, 2.45) is 11.3 Å². The molecular formula is C19H22ClFN4O2S. The molecule has 1 aliphatic heterocycles. The Morgan fingerprint density at radius 1 is 1.29 bits per heavy atom. The molecule has 28 heavy (non-hydrogen) atoms. The van der Waals surface area contributed by atoms with Gasteiger partial charge in [0.1, 0.15) is 5.82 Å². The van der Waals surface area contributed by atoms with Gasteiger partial charge >= 0.3 is 0 Å². The van der Waals surface area contributed by atoms with Crippen molar-refractivity contribution < 1.29 is 14.0 Å². The molecule has 1 aromatic heterocycles. The van der Waals surface area contributed by atoms with Crippen molar-refractivity contribution in [3.05, 3.63) is 29.4 Å². The Morgan fingerprint density at radius 3 is 2.71 bits per heavy atom. The van der Waals surface area contributed by atoms with Gasteiger partial charge in [0.05, 0.1) is 5.69 Å². The third kappa shape index (κ3) is 4.19. The van der Waals surface area contributed by atoms with Gasteiger partial charge in [0.15, 0.2) is 5.13 Å². The Bertz CT molecular complexity index is 898. The van der Waals surface area contributed by atoms with Crippen molar-refractivity contribution in [2.45, 2.75) is 26.2 Å². The van der Waals surface area contributed by atoms with E-state index in [-0.39, 0.29) is 35.6 Å². The summed E-state index contributed by atoms with van der Waals surface area (Å²) in [4.78, 5) is 28.0. The first-order chi connectivity index (χ1) is 13.0. The molecule has 2 aromatic rings. The maximum atomic E-state index is 14.4. The largest absolute Gasteiger partial charge is 0.326 e. The molecule has 1 unspecified atom stereocenters. The van der Waals surface area contributed by atoms with Gasteiger partial charge in [-0.2, -0.15) is 0 Å². The third-order valence-electron chi connectivity index (χ3n) is 5.41. The van der Waals surface area contributed by atoms with Crippen LogP contribution in [0.4, 0.5) is 15.2 Å². The van der Waals surface area contributed by atoms with E-state index in [1.807, 2.05) is 0 Å². The van der Waals surface area contributed by atoms with Gasteiger partial charge in [-0.15, -0.1) is 23.7 Å². The van der Waals surface area contributed by atoms with Crippen LogP contribution in [0, 0.1) is 17.2 Å². The lowest BCUT2D eigenvalue weighted by Crippen LogP contribution is -2.31. The number of aromatic nitrogens is 1. The zero-order valence-electron chi connectivity index (χ0n) is 15.4. The van der Waals surface area contributed by atoms with Gasteiger partial charge in [-0.3, -0.25) is 9.59 Å². The van der Waals surface area contributed by atoms with E-state index in [1.54, 1.807) is 17.5 Å². The molecule has 0 bridgehead atoms. The monoisotopic (exact) mass is 424 g/mol. The summed E-state index contributed by atoms with van der Waals surface area (Å²) in [6.45, 7) is 3.31. The van der Waals surface area contributed by atoms with Crippen LogP contribution in [-0.4, -0.2) is 29.9 Å². The van der Waals surface area contributed by atoms with E-state index in [4.69, 9.17) is 0 Å². The number of anilines is 2. The Hall–Kier alpha value is -2.03. The molecule has 2 heterocycles. The second-order valence-corrected chi connectivity index (χ2v) is 8.13. The maximum absolute atomic E-state index is 14.4. The summed E-state index contributed by atoms with van der Waals surface area (Å²) in [7, 11) is 0. The molecule has 1 atom stereocenters. The SMILES string of the molecule is CC(=O)Nc1ccc(-c2csc(NC(=O)C3CC34CCNCC4)n2)c(F)c1.Cl. The molecule has 1 spiro atoms. The highest BCUT2D eigenvalue weighted by atomic mass is 35.5. The van der Waals surface area contributed by atoms with Gasteiger partial charge in [-0.05, 0) is 56.0 Å². The van der Waals surface area contributed by atoms with Crippen LogP contribution in [0.5, 0.6) is 0 Å². The topological polar surface area (TPSA) is 83.1 Å². The lowest BCUT2D eigenvalue weighted by molar-refractivity contribution is -0.118. The molecule has 6 nitrogen and oxygen atoms in total. The number of hydrogen-bond donors (Lipinski definition) is 3. The van der Waals surface area contributed by atoms with E-state index in [2.05, 4.69) is 20.9 Å². The fourth-order valence-electron chi connectivity index (χ4n) is 3.85. The summed E-state index contributed by atoms with van der Waals surface area (Å²) in [5, 5.41) is 11.0. The molecule has 1 saturated carbocycles. The number of nitrogens with zero attached hydrogens (tertiary/aromatic N) is 1. The molecule has 4 rings (SSSR count). The third-order valence-corrected chi connectivity index (χ3v) is 6.16. The highest BCUT2D eigenvalue weighted by molar-refractivity contribution is 7.14. The van der Waals surface area contributed by atoms with Crippen molar-refractivity contribution in [1.29, 1.82) is 0 Å². The number of carbonyl (C=O) groups excluding carboxylic acids is 2. The summed E-state index contributed by atoms with van der Waals surface area (Å²) < 4.78 is 14.4. The molecule has 3 N–H and O–H groups in total. The Morgan fingerprint density at radius 2 is 2.04 bits per heavy atom. The first kappa shape index (κ1) is 20.7. The predicted octanol–water partition coefficient (Wildman–Crippen LogP) is 3.66. The Balaban J connectivity index is 0.00000225. The number of piperidine rings is 1. The maximum Gasteiger partial charge on any atom is 0.229 e. The summed E-state index contributed by atoms with van der Waals surface area (Å²) in [6, 6.07) is 4.47. The quantitative estimate of drug-likeness (QED) is 0.699. The van der Waals surface area contributed by atoms with Gasteiger partial charge in [-0.25, -0.2) is 9.37 Å². The smallest absolute Gasteiger partial charge is 0.229 e. The van der Waals surface area contributed by atoms with Crippen molar-refractivity contribution in [1.82, 2.24) is 10.3 Å². The molecule has 1 saturated heterocycles. The fourth-order valence-corrected chi connectivity index (χ4v) is 4.56. The van der Waals surface area contributed by atoms with Crippen molar-refractivity contribution in [3.63, 3.8) is 0 Å². The molecular weight excluding hydrogens is 403 g/mol. The fraction of sp³-hybridized carbons (Fsp3) is 0.421. The Labute approximate surface area is 172 Å². The van der Waals surface area contributed by atoms with Crippen LogP contribution in [0.1, 0.15) is 26.2 Å². The number of amides is 2. The van der Waals surface area contributed by atoms with Crippen LogP contribution in [0.2, 0.25) is 0 Å². The number of rotatable bonds is 4. The van der Waals surface area contributed by atoms with E-state index < -0.39 is 5.82 Å². The van der Waals surface area contributed by atoms with Gasteiger partial charge in [0, 0.05) is 29.5 Å². The molecule has 0 radical (unpaired) electrons. The molecule has 1 aromatic carbocycles. The van der Waals surface area contributed by atoms with Crippen LogP contribution in [0.25, 0.3) is 11.3 Å². The highest BCUT2D eigenvalue weighted by Crippen LogP contribution is 2.58. The predicted molar refractivity (Wildman–Crippen MR) is 110 cm³/mol. The van der Waals surface area contributed by atoms with Gasteiger partial charge in [0.2, 0.25) is 11.8 Å². The summed E-state index contributed by atoms with van der Waals surface area (Å²) >= 11 is 1.28. The zero-order chi connectivity index (χ0) is 19.0. The highest BCUT2D eigenvalue weighted by Gasteiger charge is 2.57. The minimum absolute atomic E-state index is 0. The van der Waals surface area contributed by atoms with Crippen molar-refractivity contribution in [3.8, 4) is 11.3 Å². The van der Waals surface area contributed by atoms with Crippen LogP contribution >= 0.6 is 23.7 Å². The van der Waals surface area contributed by atoms with Gasteiger partial charge < -0.3 is 16.0 Å². The number of benzene rings is 1. The molecule has 9 heteroatoms. The summed E-state index contributed by atoms with van der Waals surface area (Å²) in [6.07, 6.45) is 3.03. The normalized spacial score (nSPS) is 19.6. The molecule has 2 fully saturated rings. The second-order valence-electron chi connectivity index (χ2n) is 7.27. The molecule has 2 aliphatic rings. The second kappa shape index (κ2) is 8.14. The lowest BCUT2D eigenvalue weighted by atomic mass is 9.92. The average molecular weight is 425 g/mol. The standard InChI is InChI=1S/C19H21FN4O2S.ClH/c1-11(25)22-12-2-3-13(15(20)8-12)16-10-27-18(23-16)24-17(26)14-9-19(14)4-6-21-7-5-19;/h2-3,8,10,14,21H,4-7,9H2,1H3,(H,22,25)(H,23,24,26);1H. The van der Waals surface area contributed by atoms with E-state index in [9.17, 15) is 14.0 Å². The number of halogens is 2. The van der Waals surface area contributed by atoms with Crippen LogP contribution in [0.15, 0.2) is 23.6 Å². The average Bonchev–Trinajstić information content (AvgIpc) is 3.11. The minimum Gasteiger partial charge on any atom is -0.326 e. The zero-order valence-corrected chi connectivity index (χ0v) is 17.0. The number of nitrogens with one attached hydrogen (secondary N) is 3. The summed E-state index contributed by atoms with van der Waals surface area (Å²) in [5.41, 5.74) is 1.37. The minimum atomic E-state index is -0.472. The number of carbonyl (C=O) groups is 2. The lowest BCUT2D eigenvalue weighted by Gasteiger charge is -2.22. The summed E-state index contributed by atoms with van der Waals surface area (Å²) in [5.74, 6) is -0.660. The Kier molecular flexibility index (Phi) is 6.02. The van der Waals surface area contributed by atoms with E-state index in [1.165, 1.54) is 24.3 Å². The van der Waals surface area contributed by atoms with E-state index in [0.717, 1.165) is 32.4 Å².